The van der Waals surface area contributed by atoms with Gasteiger partial charge in [0.15, 0.2) is 0 Å². The van der Waals surface area contributed by atoms with E-state index in [1.807, 2.05) is 60.7 Å². The summed E-state index contributed by atoms with van der Waals surface area (Å²) < 4.78 is 11.4. The minimum atomic E-state index is -1.69. The van der Waals surface area contributed by atoms with E-state index in [9.17, 15) is 0 Å². The summed E-state index contributed by atoms with van der Waals surface area (Å²) in [6.07, 6.45) is 0. The molecule has 4 heteroatoms. The van der Waals surface area contributed by atoms with Crippen LogP contribution in [0.1, 0.15) is 0 Å². The molecule has 2 aromatic rings. The Morgan fingerprint density at radius 2 is 1.06 bits per heavy atom. The first-order valence-corrected chi connectivity index (χ1v) is 10.0. The summed E-state index contributed by atoms with van der Waals surface area (Å²) in [7, 11) is 0. The van der Waals surface area contributed by atoms with E-state index < -0.39 is 6.78 Å². The van der Waals surface area contributed by atoms with Crippen LogP contribution in [0.2, 0.25) is 0 Å². The Morgan fingerprint density at radius 1 is 0.688 bits per heavy atom. The number of benzene rings is 2. The molecular formula is C12H11IO2Si. The maximum absolute atomic E-state index is 5.72. The van der Waals surface area contributed by atoms with Crippen molar-refractivity contribution in [3.63, 3.8) is 0 Å². The van der Waals surface area contributed by atoms with E-state index >= 15 is 0 Å². The second kappa shape index (κ2) is 5.91. The van der Waals surface area contributed by atoms with Crippen LogP contribution >= 0.6 is 21.8 Å². The average Bonchev–Trinajstić information content (AvgIpc) is 2.31. The quantitative estimate of drug-likeness (QED) is 0.482. The molecule has 0 N–H and O–H groups in total. The molecule has 0 aliphatic rings. The van der Waals surface area contributed by atoms with Gasteiger partial charge in [0.1, 0.15) is 11.5 Å². The van der Waals surface area contributed by atoms with Crippen molar-refractivity contribution in [2.24, 2.45) is 0 Å². The third-order valence-electron chi connectivity index (χ3n) is 1.94. The molecule has 0 fully saturated rings. The van der Waals surface area contributed by atoms with Crippen LogP contribution in [0.3, 0.4) is 0 Å². The van der Waals surface area contributed by atoms with Crippen LogP contribution in [0.25, 0.3) is 0 Å². The first-order chi connectivity index (χ1) is 7.84. The molecule has 0 aliphatic heterocycles. The van der Waals surface area contributed by atoms with E-state index in [2.05, 4.69) is 21.8 Å². The van der Waals surface area contributed by atoms with Gasteiger partial charge in [-0.25, -0.2) is 0 Å². The SMILES string of the molecule is I[SiH](Oc1ccccc1)Oc1ccccc1. The van der Waals surface area contributed by atoms with Crippen molar-refractivity contribution in [2.75, 3.05) is 0 Å². The minimum absolute atomic E-state index is 0.865. The molecular weight excluding hydrogens is 331 g/mol. The van der Waals surface area contributed by atoms with Crippen molar-refractivity contribution in [2.45, 2.75) is 0 Å². The molecule has 0 amide bonds. The fourth-order valence-electron chi connectivity index (χ4n) is 1.24. The Hall–Kier alpha value is -1.01. The van der Waals surface area contributed by atoms with Gasteiger partial charge in [-0.2, -0.15) is 0 Å². The van der Waals surface area contributed by atoms with Crippen molar-refractivity contribution in [3.8, 4) is 11.5 Å². The summed E-state index contributed by atoms with van der Waals surface area (Å²) in [5.74, 6) is 1.73. The zero-order valence-electron chi connectivity index (χ0n) is 8.55. The van der Waals surface area contributed by atoms with Gasteiger partial charge in [-0.3, -0.25) is 0 Å². The van der Waals surface area contributed by atoms with Gasteiger partial charge in [0.25, 0.3) is 0 Å². The van der Waals surface area contributed by atoms with Crippen molar-refractivity contribution in [3.05, 3.63) is 60.7 Å². The Morgan fingerprint density at radius 3 is 1.44 bits per heavy atom. The van der Waals surface area contributed by atoms with E-state index in [4.69, 9.17) is 8.85 Å². The van der Waals surface area contributed by atoms with Gasteiger partial charge in [0.2, 0.25) is 0 Å². The number of halogens is 1. The average molecular weight is 342 g/mol. The van der Waals surface area contributed by atoms with Crippen molar-refractivity contribution in [1.29, 1.82) is 0 Å². The minimum Gasteiger partial charge on any atom is -0.507 e. The molecule has 0 saturated heterocycles. The predicted molar refractivity (Wildman–Crippen MR) is 75.3 cm³/mol. The second-order valence-corrected chi connectivity index (χ2v) is 7.21. The van der Waals surface area contributed by atoms with E-state index in [-0.39, 0.29) is 0 Å². The maximum atomic E-state index is 5.72. The van der Waals surface area contributed by atoms with Crippen LogP contribution in [-0.4, -0.2) is 6.78 Å². The smallest absolute Gasteiger partial charge is 0.507 e. The van der Waals surface area contributed by atoms with Gasteiger partial charge in [-0.05, 0) is 46.1 Å². The number of hydrogen-bond donors (Lipinski definition) is 0. The van der Waals surface area contributed by atoms with Crippen LogP contribution in [0, 0.1) is 0 Å². The number of para-hydroxylation sites is 2. The van der Waals surface area contributed by atoms with E-state index in [1.165, 1.54) is 0 Å². The van der Waals surface area contributed by atoms with E-state index in [1.54, 1.807) is 0 Å². The molecule has 0 aliphatic carbocycles. The molecule has 0 saturated carbocycles. The van der Waals surface area contributed by atoms with Crippen molar-refractivity contribution in [1.82, 2.24) is 0 Å². The molecule has 0 heterocycles. The maximum Gasteiger partial charge on any atom is 0.514 e. The third-order valence-corrected chi connectivity index (χ3v) is 4.38. The lowest BCUT2D eigenvalue weighted by Gasteiger charge is -2.13. The summed E-state index contributed by atoms with van der Waals surface area (Å²) in [5, 5.41) is 0. The highest BCUT2D eigenvalue weighted by Gasteiger charge is 2.11. The summed E-state index contributed by atoms with van der Waals surface area (Å²) in [6.45, 7) is -1.69. The molecule has 82 valence electrons. The van der Waals surface area contributed by atoms with Crippen LogP contribution in [0.4, 0.5) is 0 Å². The van der Waals surface area contributed by atoms with E-state index in [0.717, 1.165) is 11.5 Å². The molecule has 2 rings (SSSR count). The molecule has 0 radical (unpaired) electrons. The fraction of sp³-hybridized carbons (Fsp3) is 0. The molecule has 16 heavy (non-hydrogen) atoms. The molecule has 0 spiro atoms. The molecule has 2 aromatic carbocycles. The topological polar surface area (TPSA) is 18.5 Å². The highest BCUT2D eigenvalue weighted by atomic mass is 127. The van der Waals surface area contributed by atoms with Gasteiger partial charge in [-0.1, -0.05) is 36.4 Å². The predicted octanol–water partition coefficient (Wildman–Crippen LogP) is 3.30. The Balaban J connectivity index is 1.92. The normalized spacial score (nSPS) is 10.1. The van der Waals surface area contributed by atoms with Crippen LogP contribution < -0.4 is 8.85 Å². The molecule has 0 bridgehead atoms. The van der Waals surface area contributed by atoms with Gasteiger partial charge < -0.3 is 8.85 Å². The lowest BCUT2D eigenvalue weighted by Crippen LogP contribution is -2.22. The molecule has 2 nitrogen and oxygen atoms in total. The second-order valence-electron chi connectivity index (χ2n) is 3.14. The van der Waals surface area contributed by atoms with Crippen LogP contribution in [-0.2, 0) is 0 Å². The van der Waals surface area contributed by atoms with Crippen molar-refractivity contribution < 1.29 is 8.85 Å². The third kappa shape index (κ3) is 3.53. The Kier molecular flexibility index (Phi) is 4.23. The van der Waals surface area contributed by atoms with Gasteiger partial charge in [0, 0.05) is 0 Å². The summed E-state index contributed by atoms with van der Waals surface area (Å²) >= 11 is 2.24. The van der Waals surface area contributed by atoms with Crippen molar-refractivity contribution >= 4 is 28.6 Å². The standard InChI is InChI=1S/C12H11IO2Si/c13-16(14-11-7-3-1-4-8-11)15-12-9-5-2-6-10-12/h1-10,16H. The summed E-state index contributed by atoms with van der Waals surface area (Å²) in [6, 6.07) is 19.5. The largest absolute Gasteiger partial charge is 0.514 e. The number of rotatable bonds is 4. The van der Waals surface area contributed by atoms with E-state index in [0.29, 0.717) is 0 Å². The lowest BCUT2D eigenvalue weighted by atomic mass is 10.3. The highest BCUT2D eigenvalue weighted by Crippen LogP contribution is 2.16. The van der Waals surface area contributed by atoms with Crippen LogP contribution in [0.15, 0.2) is 60.7 Å². The lowest BCUT2D eigenvalue weighted by molar-refractivity contribution is 0.454. The Labute approximate surface area is 109 Å². The number of hydrogen-bond acceptors (Lipinski definition) is 2. The molecule has 0 unspecified atom stereocenters. The van der Waals surface area contributed by atoms with Gasteiger partial charge in [0.05, 0.1) is 0 Å². The van der Waals surface area contributed by atoms with Crippen LogP contribution in [0.5, 0.6) is 11.5 Å². The highest BCUT2D eigenvalue weighted by molar-refractivity contribution is 14.1. The monoisotopic (exact) mass is 342 g/mol. The zero-order valence-corrected chi connectivity index (χ0v) is 11.9. The molecule has 0 aromatic heterocycles. The first kappa shape index (κ1) is 11.5. The molecule has 0 atom stereocenters. The first-order valence-electron chi connectivity index (χ1n) is 4.92. The van der Waals surface area contributed by atoms with Gasteiger partial charge in [-0.15, -0.1) is 0 Å². The van der Waals surface area contributed by atoms with Gasteiger partial charge >= 0.3 is 6.78 Å². The summed E-state index contributed by atoms with van der Waals surface area (Å²) in [4.78, 5) is 0. The Bertz CT molecular complexity index is 380. The fourth-order valence-corrected chi connectivity index (χ4v) is 3.79. The summed E-state index contributed by atoms with van der Waals surface area (Å²) in [5.41, 5.74) is 0. The zero-order chi connectivity index (χ0) is 11.2.